The van der Waals surface area contributed by atoms with Crippen molar-refractivity contribution in [3.05, 3.63) is 78.1 Å². The van der Waals surface area contributed by atoms with E-state index < -0.39 is 10.0 Å². The summed E-state index contributed by atoms with van der Waals surface area (Å²) in [5.41, 5.74) is 3.43. The van der Waals surface area contributed by atoms with E-state index in [4.69, 9.17) is 5.41 Å². The van der Waals surface area contributed by atoms with Crippen molar-refractivity contribution in [2.75, 3.05) is 13.1 Å². The minimum absolute atomic E-state index is 0.0773. The predicted molar refractivity (Wildman–Crippen MR) is 113 cm³/mol. The van der Waals surface area contributed by atoms with Crippen LogP contribution in [-0.2, 0) is 10.0 Å². The standard InChI is InChI=1S/C22H22N4O2S/c23-16-17-4-6-20(7-5-17)21-2-1-3-22(25-21)29(27,28)26-14-10-19(11-15-26)18-8-12-24-13-9-18/h1-9,12-13,16,19,23H,10-11,14-15H2. The summed E-state index contributed by atoms with van der Waals surface area (Å²) in [6.45, 7) is 0.963. The van der Waals surface area contributed by atoms with Crippen molar-refractivity contribution in [3.8, 4) is 11.3 Å². The summed E-state index contributed by atoms with van der Waals surface area (Å²) in [5, 5.41) is 7.37. The van der Waals surface area contributed by atoms with Gasteiger partial charge in [0.05, 0.1) is 5.69 Å². The fourth-order valence-electron chi connectivity index (χ4n) is 3.67. The van der Waals surface area contributed by atoms with E-state index in [0.717, 1.165) is 24.0 Å². The van der Waals surface area contributed by atoms with E-state index in [-0.39, 0.29) is 5.03 Å². The Kier molecular flexibility index (Phi) is 5.51. The number of nitrogens with one attached hydrogen (secondary N) is 1. The Hall–Kier alpha value is -2.90. The third-order valence-electron chi connectivity index (χ3n) is 5.33. The zero-order valence-corrected chi connectivity index (χ0v) is 16.7. The number of sulfonamides is 1. The molecule has 1 N–H and O–H groups in total. The second kappa shape index (κ2) is 8.23. The van der Waals surface area contributed by atoms with Gasteiger partial charge in [0.25, 0.3) is 10.0 Å². The van der Waals surface area contributed by atoms with Crippen LogP contribution in [0.5, 0.6) is 0 Å². The lowest BCUT2D eigenvalue weighted by atomic mass is 9.91. The van der Waals surface area contributed by atoms with Crippen LogP contribution in [0.4, 0.5) is 0 Å². The second-order valence-corrected chi connectivity index (χ2v) is 8.97. The Morgan fingerprint density at radius 1 is 0.966 bits per heavy atom. The number of hydrogen-bond acceptors (Lipinski definition) is 5. The lowest BCUT2D eigenvalue weighted by Gasteiger charge is -2.31. The van der Waals surface area contributed by atoms with Gasteiger partial charge in [0.2, 0.25) is 0 Å². The summed E-state index contributed by atoms with van der Waals surface area (Å²) in [4.78, 5) is 8.48. The number of nitrogens with zero attached hydrogens (tertiary/aromatic N) is 3. The van der Waals surface area contributed by atoms with Crippen molar-refractivity contribution in [3.63, 3.8) is 0 Å². The molecule has 0 aliphatic carbocycles. The Bertz CT molecular complexity index is 1090. The second-order valence-electron chi connectivity index (χ2n) is 7.09. The summed E-state index contributed by atoms with van der Waals surface area (Å²) in [6.07, 6.45) is 6.40. The zero-order chi connectivity index (χ0) is 20.3. The molecule has 7 heteroatoms. The van der Waals surface area contributed by atoms with Crippen molar-refractivity contribution in [1.29, 1.82) is 5.41 Å². The molecule has 1 aliphatic rings. The molecule has 1 aliphatic heterocycles. The van der Waals surface area contributed by atoms with Gasteiger partial charge in [0, 0.05) is 37.3 Å². The third-order valence-corrected chi connectivity index (χ3v) is 7.13. The predicted octanol–water partition coefficient (Wildman–Crippen LogP) is 3.71. The molecule has 4 rings (SSSR count). The highest BCUT2D eigenvalue weighted by atomic mass is 32.2. The fraction of sp³-hybridized carbons (Fsp3) is 0.227. The summed E-state index contributed by atoms with van der Waals surface area (Å²) >= 11 is 0. The summed E-state index contributed by atoms with van der Waals surface area (Å²) in [6, 6.07) is 16.4. The average molecular weight is 407 g/mol. The van der Waals surface area contributed by atoms with Crippen LogP contribution in [0, 0.1) is 5.41 Å². The largest absolute Gasteiger partial charge is 0.308 e. The van der Waals surface area contributed by atoms with E-state index in [1.54, 1.807) is 30.6 Å². The first-order valence-electron chi connectivity index (χ1n) is 9.56. The van der Waals surface area contributed by atoms with Gasteiger partial charge in [0.15, 0.2) is 5.03 Å². The van der Waals surface area contributed by atoms with Crippen molar-refractivity contribution >= 4 is 16.2 Å². The topological polar surface area (TPSA) is 87.0 Å². The van der Waals surface area contributed by atoms with Crippen molar-refractivity contribution < 1.29 is 8.42 Å². The van der Waals surface area contributed by atoms with Crippen LogP contribution in [0.25, 0.3) is 11.3 Å². The van der Waals surface area contributed by atoms with E-state index in [2.05, 4.69) is 9.97 Å². The molecule has 1 saturated heterocycles. The molecular weight excluding hydrogens is 384 g/mol. The Morgan fingerprint density at radius 2 is 1.66 bits per heavy atom. The lowest BCUT2D eigenvalue weighted by Crippen LogP contribution is -2.38. The molecular formula is C22H22N4O2S. The summed E-state index contributed by atoms with van der Waals surface area (Å²) in [5.74, 6) is 0.357. The molecule has 1 fully saturated rings. The number of hydrogen-bond donors (Lipinski definition) is 1. The van der Waals surface area contributed by atoms with Crippen LogP contribution in [0.1, 0.15) is 29.9 Å². The van der Waals surface area contributed by atoms with Gasteiger partial charge in [-0.3, -0.25) is 4.98 Å². The van der Waals surface area contributed by atoms with Gasteiger partial charge >= 0.3 is 0 Å². The minimum atomic E-state index is -3.64. The first-order chi connectivity index (χ1) is 14.1. The number of piperidine rings is 1. The van der Waals surface area contributed by atoms with Crippen LogP contribution in [0.15, 0.2) is 72.0 Å². The minimum Gasteiger partial charge on any atom is -0.308 e. The zero-order valence-electron chi connectivity index (χ0n) is 15.9. The molecule has 0 radical (unpaired) electrons. The molecule has 0 unspecified atom stereocenters. The molecule has 148 valence electrons. The van der Waals surface area contributed by atoms with E-state index in [9.17, 15) is 8.42 Å². The van der Waals surface area contributed by atoms with Gasteiger partial charge in [-0.15, -0.1) is 0 Å². The Labute approximate surface area is 170 Å². The third kappa shape index (κ3) is 4.11. The smallest absolute Gasteiger partial charge is 0.260 e. The van der Waals surface area contributed by atoms with Crippen LogP contribution in [-0.4, -0.2) is 42.0 Å². The first-order valence-corrected chi connectivity index (χ1v) is 11.0. The highest BCUT2D eigenvalue weighted by Gasteiger charge is 2.31. The number of benzene rings is 1. The lowest BCUT2D eigenvalue weighted by molar-refractivity contribution is 0.318. The molecule has 0 atom stereocenters. The van der Waals surface area contributed by atoms with Gasteiger partial charge in [-0.05, 0) is 54.2 Å². The molecule has 0 spiro atoms. The number of pyridine rings is 2. The van der Waals surface area contributed by atoms with Gasteiger partial charge < -0.3 is 5.41 Å². The first kappa shape index (κ1) is 19.4. The monoisotopic (exact) mass is 406 g/mol. The van der Waals surface area contributed by atoms with E-state index in [1.807, 2.05) is 36.4 Å². The Morgan fingerprint density at radius 3 is 2.31 bits per heavy atom. The maximum atomic E-state index is 13.1. The van der Waals surface area contributed by atoms with Gasteiger partial charge in [0.1, 0.15) is 0 Å². The van der Waals surface area contributed by atoms with Crippen molar-refractivity contribution in [2.24, 2.45) is 0 Å². The van der Waals surface area contributed by atoms with Gasteiger partial charge in [-0.2, -0.15) is 4.31 Å². The highest BCUT2D eigenvalue weighted by Crippen LogP contribution is 2.30. The average Bonchev–Trinajstić information content (AvgIpc) is 2.80. The van der Waals surface area contributed by atoms with Gasteiger partial charge in [-0.25, -0.2) is 13.4 Å². The molecule has 2 aromatic heterocycles. The maximum absolute atomic E-state index is 13.1. The molecule has 0 amide bonds. The molecule has 3 heterocycles. The normalized spacial score (nSPS) is 15.9. The number of aromatic nitrogens is 2. The maximum Gasteiger partial charge on any atom is 0.260 e. The quantitative estimate of drug-likeness (QED) is 0.655. The molecule has 0 bridgehead atoms. The molecule has 6 nitrogen and oxygen atoms in total. The molecule has 1 aromatic carbocycles. The summed E-state index contributed by atoms with van der Waals surface area (Å²) in [7, 11) is -3.64. The van der Waals surface area contributed by atoms with Crippen molar-refractivity contribution in [1.82, 2.24) is 14.3 Å². The van der Waals surface area contributed by atoms with Crippen molar-refractivity contribution in [2.45, 2.75) is 23.8 Å². The van der Waals surface area contributed by atoms with E-state index in [0.29, 0.717) is 24.7 Å². The highest BCUT2D eigenvalue weighted by molar-refractivity contribution is 7.89. The van der Waals surface area contributed by atoms with E-state index in [1.165, 1.54) is 16.1 Å². The van der Waals surface area contributed by atoms with E-state index >= 15 is 0 Å². The summed E-state index contributed by atoms with van der Waals surface area (Å²) < 4.78 is 27.8. The SMILES string of the molecule is N=Cc1ccc(-c2cccc(S(=O)(=O)N3CCC(c4ccncc4)CC3)n2)cc1. The van der Waals surface area contributed by atoms with Crippen LogP contribution < -0.4 is 0 Å². The van der Waals surface area contributed by atoms with Crippen LogP contribution >= 0.6 is 0 Å². The van der Waals surface area contributed by atoms with Gasteiger partial charge in [-0.1, -0.05) is 30.3 Å². The van der Waals surface area contributed by atoms with Crippen LogP contribution in [0.3, 0.4) is 0 Å². The fourth-order valence-corrected chi connectivity index (χ4v) is 5.09. The molecule has 3 aromatic rings. The van der Waals surface area contributed by atoms with Crippen LogP contribution in [0.2, 0.25) is 0 Å². The molecule has 0 saturated carbocycles. The Balaban J connectivity index is 1.52. The molecule has 29 heavy (non-hydrogen) atoms. The number of rotatable bonds is 5.